The van der Waals surface area contributed by atoms with E-state index in [-0.39, 0.29) is 11.6 Å². The monoisotopic (exact) mass is 281 g/mol. The molecule has 0 aliphatic carbocycles. The van der Waals surface area contributed by atoms with E-state index in [4.69, 9.17) is 32.9 Å². The molecule has 1 N–H and O–H groups in total. The van der Waals surface area contributed by atoms with Crippen LogP contribution in [0.1, 0.15) is 11.3 Å². The van der Waals surface area contributed by atoms with Crippen molar-refractivity contribution in [3.8, 4) is 17.5 Å². The molecule has 6 heteroatoms. The van der Waals surface area contributed by atoms with E-state index in [1.807, 2.05) is 13.0 Å². The molecule has 0 saturated heterocycles. The molecule has 0 aliphatic rings. The van der Waals surface area contributed by atoms with E-state index in [1.54, 1.807) is 19.2 Å². The predicted octanol–water partition coefficient (Wildman–Crippen LogP) is 3.87. The zero-order valence-electron chi connectivity index (χ0n) is 9.71. The average molecular weight is 282 g/mol. The minimum absolute atomic E-state index is 0.182. The SMILES string of the molecule is CNc1oc(-c2cc(Cl)cc(C)c2Cl)nc1C#N. The quantitative estimate of drug-likeness (QED) is 0.908. The largest absolute Gasteiger partial charge is 0.419 e. The van der Waals surface area contributed by atoms with E-state index in [0.717, 1.165) is 5.56 Å². The van der Waals surface area contributed by atoms with Gasteiger partial charge in [0.05, 0.1) is 10.6 Å². The van der Waals surface area contributed by atoms with Gasteiger partial charge < -0.3 is 9.73 Å². The first-order valence-corrected chi connectivity index (χ1v) is 5.87. The molecule has 4 nitrogen and oxygen atoms in total. The number of rotatable bonds is 2. The molecule has 0 aliphatic heterocycles. The van der Waals surface area contributed by atoms with E-state index in [0.29, 0.717) is 21.5 Å². The van der Waals surface area contributed by atoms with Gasteiger partial charge >= 0.3 is 0 Å². The minimum Gasteiger partial charge on any atom is -0.419 e. The summed E-state index contributed by atoms with van der Waals surface area (Å²) in [6.07, 6.45) is 0. The van der Waals surface area contributed by atoms with Gasteiger partial charge in [0.15, 0.2) is 0 Å². The van der Waals surface area contributed by atoms with Gasteiger partial charge in [0.2, 0.25) is 17.5 Å². The molecule has 0 unspecified atom stereocenters. The number of hydrogen-bond donors (Lipinski definition) is 1. The van der Waals surface area contributed by atoms with Gasteiger partial charge in [-0.3, -0.25) is 0 Å². The molecule has 2 aromatic rings. The molecule has 1 aromatic heterocycles. The summed E-state index contributed by atoms with van der Waals surface area (Å²) in [5.74, 6) is 0.577. The van der Waals surface area contributed by atoms with Crippen LogP contribution in [0.25, 0.3) is 11.5 Å². The zero-order valence-corrected chi connectivity index (χ0v) is 11.2. The Labute approximate surface area is 114 Å². The second-order valence-corrected chi connectivity index (χ2v) is 4.46. The fourth-order valence-corrected chi connectivity index (χ4v) is 2.02. The van der Waals surface area contributed by atoms with Gasteiger partial charge in [0.1, 0.15) is 6.07 Å². The summed E-state index contributed by atoms with van der Waals surface area (Å²) in [6.45, 7) is 1.84. The van der Waals surface area contributed by atoms with Crippen molar-refractivity contribution < 1.29 is 4.42 Å². The van der Waals surface area contributed by atoms with Crippen LogP contribution in [0.15, 0.2) is 16.5 Å². The summed E-state index contributed by atoms with van der Waals surface area (Å²) < 4.78 is 5.44. The molecule has 0 bridgehead atoms. The lowest BCUT2D eigenvalue weighted by Gasteiger charge is -2.04. The third kappa shape index (κ3) is 2.15. The highest BCUT2D eigenvalue weighted by atomic mass is 35.5. The Morgan fingerprint density at radius 3 is 2.67 bits per heavy atom. The van der Waals surface area contributed by atoms with Crippen LogP contribution in [0.2, 0.25) is 10.0 Å². The molecule has 18 heavy (non-hydrogen) atoms. The number of halogens is 2. The molecule has 0 fully saturated rings. The maximum absolute atomic E-state index is 8.92. The van der Waals surface area contributed by atoms with Crippen LogP contribution < -0.4 is 5.32 Å². The number of aromatic nitrogens is 1. The summed E-state index contributed by atoms with van der Waals surface area (Å²) in [5, 5.41) is 12.7. The summed E-state index contributed by atoms with van der Waals surface area (Å²) in [4.78, 5) is 4.08. The van der Waals surface area contributed by atoms with Gasteiger partial charge in [-0.2, -0.15) is 10.2 Å². The molecule has 1 aromatic carbocycles. The molecule has 0 amide bonds. The maximum Gasteiger partial charge on any atom is 0.232 e. The molecule has 0 spiro atoms. The molecule has 1 heterocycles. The second kappa shape index (κ2) is 4.89. The van der Waals surface area contributed by atoms with E-state index in [9.17, 15) is 0 Å². The molecular formula is C12H9Cl2N3O. The highest BCUT2D eigenvalue weighted by molar-refractivity contribution is 6.35. The van der Waals surface area contributed by atoms with Crippen molar-refractivity contribution in [2.45, 2.75) is 6.92 Å². The van der Waals surface area contributed by atoms with E-state index >= 15 is 0 Å². The maximum atomic E-state index is 8.92. The molecule has 0 radical (unpaired) electrons. The van der Waals surface area contributed by atoms with Crippen molar-refractivity contribution in [1.29, 1.82) is 5.26 Å². The molecule has 2 rings (SSSR count). The van der Waals surface area contributed by atoms with Gasteiger partial charge in [-0.1, -0.05) is 23.2 Å². The van der Waals surface area contributed by atoms with Crippen LogP contribution in [0, 0.1) is 18.3 Å². The number of aryl methyl sites for hydroxylation is 1. The Balaban J connectivity index is 2.63. The Hall–Kier alpha value is -1.70. The van der Waals surface area contributed by atoms with Gasteiger partial charge in [-0.15, -0.1) is 0 Å². The fraction of sp³-hybridized carbons (Fsp3) is 0.167. The highest BCUT2D eigenvalue weighted by Gasteiger charge is 2.17. The van der Waals surface area contributed by atoms with Crippen LogP contribution >= 0.6 is 23.2 Å². The second-order valence-electron chi connectivity index (χ2n) is 3.64. The van der Waals surface area contributed by atoms with Crippen molar-refractivity contribution in [1.82, 2.24) is 4.98 Å². The first-order valence-electron chi connectivity index (χ1n) is 5.11. The minimum atomic E-state index is 0.182. The van der Waals surface area contributed by atoms with Gasteiger partial charge in [0, 0.05) is 12.1 Å². The topological polar surface area (TPSA) is 61.9 Å². The van der Waals surface area contributed by atoms with Crippen LogP contribution in [0.3, 0.4) is 0 Å². The Bertz CT molecular complexity index is 644. The van der Waals surface area contributed by atoms with E-state index < -0.39 is 0 Å². The molecule has 92 valence electrons. The van der Waals surface area contributed by atoms with Gasteiger partial charge in [-0.25, -0.2) is 0 Å². The third-order valence-electron chi connectivity index (χ3n) is 2.41. The van der Waals surface area contributed by atoms with Crippen LogP contribution in [-0.2, 0) is 0 Å². The zero-order chi connectivity index (χ0) is 13.3. The predicted molar refractivity (Wildman–Crippen MR) is 71.0 cm³/mol. The summed E-state index contributed by atoms with van der Waals surface area (Å²) >= 11 is 12.2. The van der Waals surface area contributed by atoms with Crippen LogP contribution in [0.5, 0.6) is 0 Å². The standard InChI is InChI=1S/C12H9Cl2N3O/c1-6-3-7(13)4-8(10(6)14)11-17-9(5-15)12(16-2)18-11/h3-4,16H,1-2H3. The molecular weight excluding hydrogens is 273 g/mol. The lowest BCUT2D eigenvalue weighted by molar-refractivity contribution is 0.589. The van der Waals surface area contributed by atoms with Crippen LogP contribution in [-0.4, -0.2) is 12.0 Å². The fourth-order valence-electron chi connectivity index (χ4n) is 1.56. The van der Waals surface area contributed by atoms with Gasteiger partial charge in [-0.05, 0) is 24.6 Å². The summed E-state index contributed by atoms with van der Waals surface area (Å²) in [6, 6.07) is 5.35. The summed E-state index contributed by atoms with van der Waals surface area (Å²) in [7, 11) is 1.65. The number of oxazole rings is 1. The van der Waals surface area contributed by atoms with Crippen molar-refractivity contribution >= 4 is 29.1 Å². The molecule has 0 saturated carbocycles. The number of nitriles is 1. The number of nitrogens with one attached hydrogen (secondary N) is 1. The number of hydrogen-bond acceptors (Lipinski definition) is 4. The first kappa shape index (κ1) is 12.7. The van der Waals surface area contributed by atoms with E-state index in [2.05, 4.69) is 10.3 Å². The lowest BCUT2D eigenvalue weighted by atomic mass is 10.1. The Kier molecular flexibility index (Phi) is 3.46. The number of nitrogens with zero attached hydrogens (tertiary/aromatic N) is 2. The van der Waals surface area contributed by atoms with Crippen molar-refractivity contribution in [3.63, 3.8) is 0 Å². The first-order chi connectivity index (χ1) is 8.56. The highest BCUT2D eigenvalue weighted by Crippen LogP contribution is 2.34. The Morgan fingerprint density at radius 1 is 1.39 bits per heavy atom. The van der Waals surface area contributed by atoms with Gasteiger partial charge in [0.25, 0.3) is 0 Å². The molecule has 0 atom stereocenters. The van der Waals surface area contributed by atoms with Crippen molar-refractivity contribution in [2.24, 2.45) is 0 Å². The summed E-state index contributed by atoms with van der Waals surface area (Å²) in [5.41, 5.74) is 1.57. The van der Waals surface area contributed by atoms with Crippen LogP contribution in [0.4, 0.5) is 5.88 Å². The number of anilines is 1. The van der Waals surface area contributed by atoms with Crippen molar-refractivity contribution in [3.05, 3.63) is 33.4 Å². The van der Waals surface area contributed by atoms with E-state index in [1.165, 1.54) is 0 Å². The normalized spacial score (nSPS) is 10.2. The smallest absolute Gasteiger partial charge is 0.232 e. The average Bonchev–Trinajstić information content (AvgIpc) is 2.76. The third-order valence-corrected chi connectivity index (χ3v) is 3.13. The van der Waals surface area contributed by atoms with Crippen molar-refractivity contribution in [2.75, 3.05) is 12.4 Å². The lowest BCUT2D eigenvalue weighted by Crippen LogP contribution is -1.87. The Morgan fingerprint density at radius 2 is 2.11 bits per heavy atom. The number of benzene rings is 1.